The molecule has 0 saturated heterocycles. The lowest BCUT2D eigenvalue weighted by atomic mass is 10.4. The van der Waals surface area contributed by atoms with Crippen molar-refractivity contribution in [3.63, 3.8) is 0 Å². The summed E-state index contributed by atoms with van der Waals surface area (Å²) in [6.07, 6.45) is 4.63. The first-order valence-corrected chi connectivity index (χ1v) is 5.96. The summed E-state index contributed by atoms with van der Waals surface area (Å²) >= 11 is 0. The fourth-order valence-electron chi connectivity index (χ4n) is 0.777. The standard InChI is InChI=1S/2C6H14O2/c2*1-3-4-5-8-6-7-2/h2*3-6H2,1-2H3. The first-order valence-electron chi connectivity index (χ1n) is 5.96. The van der Waals surface area contributed by atoms with Crippen molar-refractivity contribution in [3.8, 4) is 0 Å². The lowest BCUT2D eigenvalue weighted by Crippen LogP contribution is -1.97. The van der Waals surface area contributed by atoms with Crippen LogP contribution in [0.25, 0.3) is 0 Å². The molecule has 4 nitrogen and oxygen atoms in total. The normalized spacial score (nSPS) is 9.75. The Morgan fingerprint density at radius 3 is 1.31 bits per heavy atom. The van der Waals surface area contributed by atoms with Crippen molar-refractivity contribution in [2.75, 3.05) is 41.0 Å². The molecule has 0 aliphatic heterocycles. The Kier molecular flexibility index (Phi) is 23.1. The van der Waals surface area contributed by atoms with Crippen LogP contribution in [0.1, 0.15) is 39.5 Å². The fraction of sp³-hybridized carbons (Fsp3) is 1.00. The van der Waals surface area contributed by atoms with Crippen molar-refractivity contribution in [2.24, 2.45) is 0 Å². The quantitative estimate of drug-likeness (QED) is 0.432. The van der Waals surface area contributed by atoms with Crippen LogP contribution in [0.2, 0.25) is 0 Å². The minimum absolute atomic E-state index is 0.431. The van der Waals surface area contributed by atoms with Crippen molar-refractivity contribution in [1.82, 2.24) is 0 Å². The van der Waals surface area contributed by atoms with E-state index in [1.807, 2.05) is 0 Å². The molecule has 100 valence electrons. The third kappa shape index (κ3) is 23.6. The first kappa shape index (κ1) is 18.2. The highest BCUT2D eigenvalue weighted by atomic mass is 16.7. The summed E-state index contributed by atoms with van der Waals surface area (Å²) in [6.45, 7) is 6.78. The van der Waals surface area contributed by atoms with Gasteiger partial charge in [-0.2, -0.15) is 0 Å². The lowest BCUT2D eigenvalue weighted by Gasteiger charge is -1.98. The van der Waals surface area contributed by atoms with E-state index < -0.39 is 0 Å². The van der Waals surface area contributed by atoms with Gasteiger partial charge in [0.1, 0.15) is 13.6 Å². The Labute approximate surface area is 100 Å². The van der Waals surface area contributed by atoms with Crippen molar-refractivity contribution < 1.29 is 18.9 Å². The molecule has 0 unspecified atom stereocenters. The number of methoxy groups -OCH3 is 2. The molecular formula is C12H28O4. The third-order valence-corrected chi connectivity index (χ3v) is 1.69. The number of hydrogen-bond acceptors (Lipinski definition) is 4. The molecule has 0 amide bonds. The Morgan fingerprint density at radius 1 is 0.688 bits per heavy atom. The highest BCUT2D eigenvalue weighted by molar-refractivity contribution is 4.28. The lowest BCUT2D eigenvalue weighted by molar-refractivity contribution is -0.0313. The van der Waals surface area contributed by atoms with Crippen LogP contribution in [0.5, 0.6) is 0 Å². The maximum Gasteiger partial charge on any atom is 0.146 e. The molecule has 0 saturated carbocycles. The van der Waals surface area contributed by atoms with Crippen molar-refractivity contribution in [1.29, 1.82) is 0 Å². The summed E-state index contributed by atoms with van der Waals surface area (Å²) in [5.41, 5.74) is 0. The van der Waals surface area contributed by atoms with Gasteiger partial charge >= 0.3 is 0 Å². The summed E-state index contributed by atoms with van der Waals surface area (Å²) in [7, 11) is 3.26. The monoisotopic (exact) mass is 236 g/mol. The van der Waals surface area contributed by atoms with E-state index in [0.717, 1.165) is 26.1 Å². The molecule has 0 aromatic carbocycles. The average Bonchev–Trinajstić information content (AvgIpc) is 2.31. The predicted octanol–water partition coefficient (Wildman–Crippen LogP) is 2.81. The van der Waals surface area contributed by atoms with Crippen molar-refractivity contribution >= 4 is 0 Å². The highest BCUT2D eigenvalue weighted by Gasteiger charge is 1.82. The molecule has 0 bridgehead atoms. The molecule has 0 radical (unpaired) electrons. The molecule has 16 heavy (non-hydrogen) atoms. The van der Waals surface area contributed by atoms with Crippen LogP contribution in [0.4, 0.5) is 0 Å². The van der Waals surface area contributed by atoms with E-state index in [0.29, 0.717) is 13.6 Å². The summed E-state index contributed by atoms with van der Waals surface area (Å²) in [6, 6.07) is 0. The molecule has 0 spiro atoms. The smallest absolute Gasteiger partial charge is 0.146 e. The molecular weight excluding hydrogens is 208 g/mol. The second-order valence-electron chi connectivity index (χ2n) is 3.34. The molecule has 0 aromatic heterocycles. The van der Waals surface area contributed by atoms with E-state index >= 15 is 0 Å². The van der Waals surface area contributed by atoms with Gasteiger partial charge in [-0.05, 0) is 12.8 Å². The molecule has 0 heterocycles. The second kappa shape index (κ2) is 20.3. The molecule has 0 aromatic rings. The summed E-state index contributed by atoms with van der Waals surface area (Å²) in [5, 5.41) is 0. The predicted molar refractivity (Wildman–Crippen MR) is 65.5 cm³/mol. The van der Waals surface area contributed by atoms with Crippen LogP contribution in [-0.4, -0.2) is 41.0 Å². The van der Waals surface area contributed by atoms with Crippen LogP contribution in [-0.2, 0) is 18.9 Å². The van der Waals surface area contributed by atoms with Gasteiger partial charge in [0.2, 0.25) is 0 Å². The zero-order valence-corrected chi connectivity index (χ0v) is 11.3. The van der Waals surface area contributed by atoms with Gasteiger partial charge in [0.25, 0.3) is 0 Å². The SMILES string of the molecule is CCCCOCOC.CCCCOCOC. The van der Waals surface area contributed by atoms with Crippen molar-refractivity contribution in [2.45, 2.75) is 39.5 Å². The molecule has 0 aliphatic rings. The minimum Gasteiger partial charge on any atom is -0.359 e. The molecule has 4 heteroatoms. The Balaban J connectivity index is 0. The Morgan fingerprint density at radius 2 is 1.06 bits per heavy atom. The van der Waals surface area contributed by atoms with Gasteiger partial charge in [-0.3, -0.25) is 0 Å². The van der Waals surface area contributed by atoms with Gasteiger partial charge in [0, 0.05) is 27.4 Å². The maximum atomic E-state index is 5.00. The molecule has 0 atom stereocenters. The molecule has 0 fully saturated rings. The zero-order chi connectivity index (χ0) is 12.5. The van der Waals surface area contributed by atoms with Gasteiger partial charge in [0.15, 0.2) is 0 Å². The molecule has 0 rings (SSSR count). The summed E-state index contributed by atoms with van der Waals surface area (Å²) < 4.78 is 19.3. The van der Waals surface area contributed by atoms with E-state index in [2.05, 4.69) is 23.3 Å². The van der Waals surface area contributed by atoms with Gasteiger partial charge < -0.3 is 18.9 Å². The van der Waals surface area contributed by atoms with Crippen LogP contribution >= 0.6 is 0 Å². The van der Waals surface area contributed by atoms with Crippen LogP contribution in [0.15, 0.2) is 0 Å². The van der Waals surface area contributed by atoms with E-state index in [1.54, 1.807) is 14.2 Å². The number of ether oxygens (including phenoxy) is 4. The minimum atomic E-state index is 0.431. The van der Waals surface area contributed by atoms with Gasteiger partial charge in [-0.25, -0.2) is 0 Å². The molecule has 0 N–H and O–H groups in total. The van der Waals surface area contributed by atoms with E-state index in [9.17, 15) is 0 Å². The second-order valence-corrected chi connectivity index (χ2v) is 3.34. The Hall–Kier alpha value is -0.160. The van der Waals surface area contributed by atoms with Gasteiger partial charge in [-0.1, -0.05) is 26.7 Å². The van der Waals surface area contributed by atoms with Crippen LogP contribution < -0.4 is 0 Å². The van der Waals surface area contributed by atoms with Crippen molar-refractivity contribution in [3.05, 3.63) is 0 Å². The first-order chi connectivity index (χ1) is 7.83. The van der Waals surface area contributed by atoms with E-state index in [1.165, 1.54) is 12.8 Å². The largest absolute Gasteiger partial charge is 0.359 e. The maximum absolute atomic E-state index is 5.00. The van der Waals surface area contributed by atoms with Gasteiger partial charge in [0.05, 0.1) is 0 Å². The van der Waals surface area contributed by atoms with Crippen LogP contribution in [0, 0.1) is 0 Å². The highest BCUT2D eigenvalue weighted by Crippen LogP contribution is 1.87. The third-order valence-electron chi connectivity index (χ3n) is 1.69. The van der Waals surface area contributed by atoms with Gasteiger partial charge in [-0.15, -0.1) is 0 Å². The summed E-state index contributed by atoms with van der Waals surface area (Å²) in [5.74, 6) is 0. The number of rotatable bonds is 10. The van der Waals surface area contributed by atoms with E-state index in [4.69, 9.17) is 9.47 Å². The molecule has 0 aliphatic carbocycles. The van der Waals surface area contributed by atoms with Crippen LogP contribution in [0.3, 0.4) is 0 Å². The number of unbranched alkanes of at least 4 members (excludes halogenated alkanes) is 2. The average molecular weight is 236 g/mol. The summed E-state index contributed by atoms with van der Waals surface area (Å²) in [4.78, 5) is 0. The van der Waals surface area contributed by atoms with E-state index in [-0.39, 0.29) is 0 Å². The fourth-order valence-corrected chi connectivity index (χ4v) is 0.777. The zero-order valence-electron chi connectivity index (χ0n) is 11.3. The Bertz CT molecular complexity index is 75.0. The number of hydrogen-bond donors (Lipinski definition) is 0. The topological polar surface area (TPSA) is 36.9 Å².